The fraction of sp³-hybridized carbons (Fsp3) is 0.364. The van der Waals surface area contributed by atoms with Gasteiger partial charge in [-0.1, -0.05) is 35.9 Å². The molecule has 2 heterocycles. The average Bonchev–Trinajstić information content (AvgIpc) is 3.14. The van der Waals surface area contributed by atoms with Gasteiger partial charge >= 0.3 is 5.69 Å². The van der Waals surface area contributed by atoms with Crippen molar-refractivity contribution in [1.29, 1.82) is 0 Å². The monoisotopic (exact) mass is 490 g/mol. The van der Waals surface area contributed by atoms with E-state index in [-0.39, 0.29) is 5.82 Å². The zero-order chi connectivity index (χ0) is 23.0. The lowest BCUT2D eigenvalue weighted by atomic mass is 10.2. The van der Waals surface area contributed by atoms with Gasteiger partial charge in [0.15, 0.2) is 11.4 Å². The second-order valence-corrected chi connectivity index (χ2v) is 7.16. The van der Waals surface area contributed by atoms with Gasteiger partial charge in [0.05, 0.1) is 5.57 Å². The van der Waals surface area contributed by atoms with Gasteiger partial charge in [-0.2, -0.15) is 4.98 Å². The Morgan fingerprint density at radius 2 is 2.13 bits per heavy atom. The molecule has 2 aromatic heterocycles. The average molecular weight is 491 g/mol. The normalized spacial score (nSPS) is 11.7. The van der Waals surface area contributed by atoms with Crippen LogP contribution < -0.4 is 11.0 Å². The molecule has 0 aliphatic heterocycles. The van der Waals surface area contributed by atoms with Crippen LogP contribution in [0, 0.1) is 0 Å². The molecule has 0 aliphatic carbocycles. The minimum atomic E-state index is -0.474. The van der Waals surface area contributed by atoms with Crippen molar-refractivity contribution in [2.75, 3.05) is 26.1 Å². The number of aryl methyl sites for hydroxylation is 1. The number of rotatable bonds is 7. The van der Waals surface area contributed by atoms with E-state index in [2.05, 4.69) is 31.2 Å². The van der Waals surface area contributed by atoms with Crippen LogP contribution in [0.3, 0.4) is 0 Å². The topological polar surface area (TPSA) is 98.7 Å². The molecule has 1 amide bonds. The molecule has 0 spiro atoms. The molecule has 0 saturated carbocycles. The zero-order valence-electron chi connectivity index (χ0n) is 18.4. The summed E-state index contributed by atoms with van der Waals surface area (Å²) in [6.45, 7) is 6.65. The molecule has 0 aliphatic rings. The highest BCUT2D eigenvalue weighted by Crippen LogP contribution is 2.33. The van der Waals surface area contributed by atoms with Crippen LogP contribution in [0.4, 0.5) is 5.82 Å². The molecule has 166 valence electrons. The summed E-state index contributed by atoms with van der Waals surface area (Å²) in [5.74, 6) is -0.348. The van der Waals surface area contributed by atoms with Crippen LogP contribution in [0.5, 0.6) is 0 Å². The first-order chi connectivity index (χ1) is 15.0. The summed E-state index contributed by atoms with van der Waals surface area (Å²) in [5.41, 5.74) is 1.39. The molecule has 0 saturated heterocycles. The van der Waals surface area contributed by atoms with E-state index in [9.17, 15) is 9.59 Å². The maximum atomic E-state index is 12.8. The molecule has 3 rings (SSSR count). The Kier molecular flexibility index (Phi) is 9.14. The van der Waals surface area contributed by atoms with Crippen molar-refractivity contribution < 1.29 is 13.9 Å². The zero-order valence-corrected chi connectivity index (χ0v) is 19.9. The molecule has 0 atom stereocenters. The van der Waals surface area contributed by atoms with E-state index in [0.29, 0.717) is 41.8 Å². The van der Waals surface area contributed by atoms with Crippen molar-refractivity contribution in [1.82, 2.24) is 9.55 Å². The number of anilines is 1. The predicted molar refractivity (Wildman–Crippen MR) is 128 cm³/mol. The summed E-state index contributed by atoms with van der Waals surface area (Å²) in [6.07, 6.45) is 3.70. The number of carbonyl (C=O) groups is 1. The standard InChI is InChI=1S/C20H21BrN4O4.C2H6/c1-4-12(11-22-2)19(26)23-18-17-16(14-10-13(21)6-7-15(14)29-17)25(20(27)24-18)8-5-9-28-3;1-2/h4,6-7,10-11H,5,8-9H2,1-3H3,(H,23,24,26,27);1-2H3/b12-4+,22-11?;. The van der Waals surface area contributed by atoms with Crippen LogP contribution in [-0.4, -0.2) is 42.4 Å². The molecule has 0 bridgehead atoms. The number of nitrogens with zero attached hydrogens (tertiary/aromatic N) is 3. The van der Waals surface area contributed by atoms with E-state index in [0.717, 1.165) is 9.86 Å². The number of aliphatic imine (C=N–C) groups is 1. The minimum Gasteiger partial charge on any atom is -0.450 e. The van der Waals surface area contributed by atoms with Crippen molar-refractivity contribution in [3.8, 4) is 0 Å². The molecule has 3 aromatic rings. The van der Waals surface area contributed by atoms with Crippen LogP contribution in [0.2, 0.25) is 0 Å². The summed E-state index contributed by atoms with van der Waals surface area (Å²) in [6, 6.07) is 5.52. The van der Waals surface area contributed by atoms with Crippen molar-refractivity contribution in [3.05, 3.63) is 44.8 Å². The molecule has 1 aromatic carbocycles. The van der Waals surface area contributed by atoms with Crippen LogP contribution in [0.15, 0.2) is 48.5 Å². The van der Waals surface area contributed by atoms with Crippen molar-refractivity contribution >= 4 is 55.9 Å². The van der Waals surface area contributed by atoms with Gasteiger partial charge in [-0.15, -0.1) is 0 Å². The SMILES string of the molecule is C/C=C(\C=NC)C(=O)Nc1nc(=O)n(CCCOC)c2c1oc1ccc(Br)cc12.CC. The van der Waals surface area contributed by atoms with Crippen molar-refractivity contribution in [3.63, 3.8) is 0 Å². The highest BCUT2D eigenvalue weighted by Gasteiger charge is 2.20. The van der Waals surface area contributed by atoms with E-state index >= 15 is 0 Å². The lowest BCUT2D eigenvalue weighted by molar-refractivity contribution is -0.112. The summed E-state index contributed by atoms with van der Waals surface area (Å²) in [5, 5.41) is 3.43. The number of ether oxygens (including phenoxy) is 1. The first-order valence-corrected chi connectivity index (χ1v) is 10.8. The van der Waals surface area contributed by atoms with Gasteiger partial charge in [0, 0.05) is 43.4 Å². The Morgan fingerprint density at radius 1 is 1.39 bits per heavy atom. The van der Waals surface area contributed by atoms with Gasteiger partial charge in [-0.3, -0.25) is 14.4 Å². The van der Waals surface area contributed by atoms with E-state index in [4.69, 9.17) is 9.15 Å². The molecular formula is C22H27BrN4O4. The largest absolute Gasteiger partial charge is 0.450 e. The molecule has 9 heteroatoms. The maximum absolute atomic E-state index is 12.8. The van der Waals surface area contributed by atoms with Crippen LogP contribution >= 0.6 is 15.9 Å². The lowest BCUT2D eigenvalue weighted by Gasteiger charge is -2.10. The predicted octanol–water partition coefficient (Wildman–Crippen LogP) is 4.55. The number of benzene rings is 1. The third-order valence-electron chi connectivity index (χ3n) is 4.35. The number of hydrogen-bond acceptors (Lipinski definition) is 6. The Bertz CT molecular complexity index is 1180. The minimum absolute atomic E-state index is 0.0779. The quantitative estimate of drug-likeness (QED) is 0.297. The van der Waals surface area contributed by atoms with Crippen LogP contribution in [0.1, 0.15) is 27.2 Å². The highest BCUT2D eigenvalue weighted by atomic mass is 79.9. The fourth-order valence-electron chi connectivity index (χ4n) is 3.03. The Hall–Kier alpha value is -2.78. The second kappa shape index (κ2) is 11.6. The van der Waals surface area contributed by atoms with E-state index < -0.39 is 11.6 Å². The molecule has 0 unspecified atom stereocenters. The molecule has 31 heavy (non-hydrogen) atoms. The smallest absolute Gasteiger partial charge is 0.350 e. The highest BCUT2D eigenvalue weighted by molar-refractivity contribution is 9.10. The third-order valence-corrected chi connectivity index (χ3v) is 4.84. The Balaban J connectivity index is 0.00000166. The molecule has 1 N–H and O–H groups in total. The maximum Gasteiger partial charge on any atom is 0.350 e. The van der Waals surface area contributed by atoms with Crippen molar-refractivity contribution in [2.24, 2.45) is 4.99 Å². The molecular weight excluding hydrogens is 464 g/mol. The lowest BCUT2D eigenvalue weighted by Crippen LogP contribution is -2.26. The summed E-state index contributed by atoms with van der Waals surface area (Å²) >= 11 is 3.46. The van der Waals surface area contributed by atoms with Gasteiger partial charge in [-0.05, 0) is 31.5 Å². The summed E-state index contributed by atoms with van der Waals surface area (Å²) in [7, 11) is 3.18. The van der Waals surface area contributed by atoms with Gasteiger partial charge in [0.2, 0.25) is 0 Å². The summed E-state index contributed by atoms with van der Waals surface area (Å²) in [4.78, 5) is 33.3. The van der Waals surface area contributed by atoms with Crippen molar-refractivity contribution in [2.45, 2.75) is 33.7 Å². The fourth-order valence-corrected chi connectivity index (χ4v) is 3.39. The van der Waals surface area contributed by atoms with Gasteiger partial charge in [-0.25, -0.2) is 4.79 Å². The first-order valence-electron chi connectivity index (χ1n) is 10.0. The molecule has 0 radical (unpaired) electrons. The van der Waals surface area contributed by atoms with E-state index in [1.165, 1.54) is 6.21 Å². The number of hydrogen-bond donors (Lipinski definition) is 1. The van der Waals surface area contributed by atoms with Crippen LogP contribution in [-0.2, 0) is 16.1 Å². The molecule has 0 fully saturated rings. The van der Waals surface area contributed by atoms with Gasteiger partial charge in [0.25, 0.3) is 5.91 Å². The number of fused-ring (bicyclic) bond motifs is 3. The van der Waals surface area contributed by atoms with Gasteiger partial charge in [0.1, 0.15) is 11.1 Å². The third kappa shape index (κ3) is 5.48. The van der Waals surface area contributed by atoms with E-state index in [1.54, 1.807) is 37.8 Å². The Labute approximate surface area is 189 Å². The number of nitrogens with one attached hydrogen (secondary N) is 1. The molecule has 8 nitrogen and oxygen atoms in total. The number of amides is 1. The number of halogens is 1. The second-order valence-electron chi connectivity index (χ2n) is 6.25. The Morgan fingerprint density at radius 3 is 2.77 bits per heavy atom. The first kappa shape index (κ1) is 24.5. The number of methoxy groups -OCH3 is 1. The number of allylic oxidation sites excluding steroid dienone is 1. The number of carbonyl (C=O) groups excluding carboxylic acids is 1. The van der Waals surface area contributed by atoms with E-state index in [1.807, 2.05) is 26.0 Å². The summed E-state index contributed by atoms with van der Waals surface area (Å²) < 4.78 is 13.5. The van der Waals surface area contributed by atoms with Gasteiger partial charge < -0.3 is 14.5 Å². The number of aromatic nitrogens is 2. The number of furan rings is 1. The van der Waals surface area contributed by atoms with Crippen LogP contribution in [0.25, 0.3) is 22.1 Å².